The van der Waals surface area contributed by atoms with Gasteiger partial charge in [0.25, 0.3) is 5.91 Å². The van der Waals surface area contributed by atoms with Gasteiger partial charge in [-0.15, -0.1) is 0 Å². The van der Waals surface area contributed by atoms with Crippen molar-refractivity contribution in [3.05, 3.63) is 11.8 Å². The lowest BCUT2D eigenvalue weighted by Crippen LogP contribution is -2.49. The first-order valence-corrected chi connectivity index (χ1v) is 6.88. The molecule has 2 heterocycles. The fraction of sp³-hybridized carbons (Fsp3) is 0.692. The number of likely N-dealkylation sites (N-methyl/N-ethyl adjacent to an activating group) is 1. The molecule has 0 saturated carbocycles. The Morgan fingerprint density at radius 3 is 2.74 bits per heavy atom. The Hall–Kier alpha value is -1.40. The fourth-order valence-electron chi connectivity index (χ4n) is 2.27. The van der Waals surface area contributed by atoms with Gasteiger partial charge in [-0.3, -0.25) is 10.2 Å². The van der Waals surface area contributed by atoms with E-state index in [-0.39, 0.29) is 11.6 Å². The Morgan fingerprint density at radius 2 is 2.00 bits per heavy atom. The van der Waals surface area contributed by atoms with Gasteiger partial charge in [0.05, 0.1) is 0 Å². The third kappa shape index (κ3) is 4.04. The summed E-state index contributed by atoms with van der Waals surface area (Å²) in [7, 11) is 2.05. The maximum Gasteiger partial charge on any atom is 0.271 e. The number of piperazine rings is 1. The van der Waals surface area contributed by atoms with Crippen LogP contribution in [0, 0.1) is 5.41 Å². The van der Waals surface area contributed by atoms with Crippen LogP contribution in [0.2, 0.25) is 0 Å². The minimum Gasteiger partial charge on any atom is -0.387 e. The topological polar surface area (TPSA) is 71.5 Å². The molecule has 2 aliphatic rings. The highest BCUT2D eigenvalue weighted by molar-refractivity contribution is 6.42. The largest absolute Gasteiger partial charge is 0.387 e. The highest BCUT2D eigenvalue weighted by Crippen LogP contribution is 2.02. The van der Waals surface area contributed by atoms with E-state index in [2.05, 4.69) is 22.6 Å². The van der Waals surface area contributed by atoms with Crippen molar-refractivity contribution in [2.24, 2.45) is 0 Å². The Morgan fingerprint density at radius 1 is 1.26 bits per heavy atom. The maximum absolute atomic E-state index is 12.2. The SMILES string of the molecule is CN1CCN(C(=O)C(=N)/C=C2/CNCCCN2)CC1. The van der Waals surface area contributed by atoms with E-state index in [0.717, 1.165) is 38.3 Å². The molecular formula is C13H23N5O. The van der Waals surface area contributed by atoms with E-state index in [1.165, 1.54) is 0 Å². The Balaban J connectivity index is 1.91. The normalized spacial score (nSPS) is 23.8. The van der Waals surface area contributed by atoms with E-state index in [9.17, 15) is 4.79 Å². The van der Waals surface area contributed by atoms with Crippen LogP contribution < -0.4 is 10.6 Å². The van der Waals surface area contributed by atoms with Crippen molar-refractivity contribution in [1.82, 2.24) is 20.4 Å². The lowest BCUT2D eigenvalue weighted by molar-refractivity contribution is -0.125. The maximum atomic E-state index is 12.2. The van der Waals surface area contributed by atoms with Crippen molar-refractivity contribution in [1.29, 1.82) is 5.41 Å². The minimum atomic E-state index is -0.161. The number of nitrogens with zero attached hydrogens (tertiary/aromatic N) is 2. The molecule has 0 aromatic heterocycles. The van der Waals surface area contributed by atoms with E-state index in [4.69, 9.17) is 5.41 Å². The first-order valence-electron chi connectivity index (χ1n) is 6.88. The molecule has 0 unspecified atom stereocenters. The van der Waals surface area contributed by atoms with Gasteiger partial charge in [0.1, 0.15) is 5.71 Å². The summed E-state index contributed by atoms with van der Waals surface area (Å²) in [6.07, 6.45) is 2.73. The molecule has 106 valence electrons. The molecule has 19 heavy (non-hydrogen) atoms. The molecule has 2 saturated heterocycles. The zero-order valence-corrected chi connectivity index (χ0v) is 11.5. The second kappa shape index (κ2) is 6.68. The predicted molar refractivity (Wildman–Crippen MR) is 75.4 cm³/mol. The van der Waals surface area contributed by atoms with Crippen LogP contribution in [0.4, 0.5) is 0 Å². The monoisotopic (exact) mass is 265 g/mol. The fourth-order valence-corrected chi connectivity index (χ4v) is 2.27. The van der Waals surface area contributed by atoms with Gasteiger partial charge in [0.2, 0.25) is 0 Å². The van der Waals surface area contributed by atoms with Gasteiger partial charge in [-0.25, -0.2) is 0 Å². The predicted octanol–water partition coefficient (Wildman–Crippen LogP) is -0.753. The molecular weight excluding hydrogens is 242 g/mol. The van der Waals surface area contributed by atoms with Crippen molar-refractivity contribution >= 4 is 11.6 Å². The third-order valence-electron chi connectivity index (χ3n) is 3.54. The second-order valence-corrected chi connectivity index (χ2v) is 5.14. The Kier molecular flexibility index (Phi) is 4.93. The van der Waals surface area contributed by atoms with Crippen LogP contribution in [0.25, 0.3) is 0 Å². The number of hydrogen-bond acceptors (Lipinski definition) is 5. The van der Waals surface area contributed by atoms with Gasteiger partial charge in [-0.1, -0.05) is 0 Å². The van der Waals surface area contributed by atoms with E-state index in [1.54, 1.807) is 11.0 Å². The molecule has 0 aromatic carbocycles. The van der Waals surface area contributed by atoms with Gasteiger partial charge in [-0.2, -0.15) is 0 Å². The highest BCUT2D eigenvalue weighted by Gasteiger charge is 2.21. The van der Waals surface area contributed by atoms with Gasteiger partial charge in [-0.05, 0) is 26.1 Å². The van der Waals surface area contributed by atoms with Crippen LogP contribution in [-0.4, -0.2) is 74.3 Å². The molecule has 0 aliphatic carbocycles. The molecule has 0 aromatic rings. The molecule has 6 nitrogen and oxygen atoms in total. The summed E-state index contributed by atoms with van der Waals surface area (Å²) < 4.78 is 0. The van der Waals surface area contributed by atoms with Crippen LogP contribution in [0.3, 0.4) is 0 Å². The van der Waals surface area contributed by atoms with E-state index < -0.39 is 0 Å². The summed E-state index contributed by atoms with van der Waals surface area (Å²) in [4.78, 5) is 16.1. The van der Waals surface area contributed by atoms with Crippen LogP contribution in [0.5, 0.6) is 0 Å². The number of carbonyl (C=O) groups excluding carboxylic acids is 1. The van der Waals surface area contributed by atoms with Crippen molar-refractivity contribution < 1.29 is 4.79 Å². The molecule has 3 N–H and O–H groups in total. The summed E-state index contributed by atoms with van der Waals surface area (Å²) >= 11 is 0. The summed E-state index contributed by atoms with van der Waals surface area (Å²) in [6.45, 7) is 5.78. The average molecular weight is 265 g/mol. The molecule has 1 amide bonds. The molecule has 2 fully saturated rings. The summed E-state index contributed by atoms with van der Waals surface area (Å²) in [5.41, 5.74) is 1.01. The highest BCUT2D eigenvalue weighted by atomic mass is 16.2. The Labute approximate surface area is 114 Å². The van der Waals surface area contributed by atoms with E-state index in [1.807, 2.05) is 0 Å². The van der Waals surface area contributed by atoms with Crippen molar-refractivity contribution in [3.8, 4) is 0 Å². The molecule has 2 aliphatic heterocycles. The summed E-state index contributed by atoms with van der Waals surface area (Å²) in [5.74, 6) is -0.161. The molecule has 0 bridgehead atoms. The summed E-state index contributed by atoms with van der Waals surface area (Å²) in [6, 6.07) is 0. The second-order valence-electron chi connectivity index (χ2n) is 5.14. The molecule has 6 heteroatoms. The smallest absolute Gasteiger partial charge is 0.271 e. The van der Waals surface area contributed by atoms with Gasteiger partial charge >= 0.3 is 0 Å². The summed E-state index contributed by atoms with van der Waals surface area (Å²) in [5, 5.41) is 14.5. The van der Waals surface area contributed by atoms with Crippen molar-refractivity contribution in [3.63, 3.8) is 0 Å². The first kappa shape index (κ1) is 14.0. The van der Waals surface area contributed by atoms with Crippen molar-refractivity contribution in [2.45, 2.75) is 6.42 Å². The lowest BCUT2D eigenvalue weighted by atomic mass is 10.2. The molecule has 0 atom stereocenters. The third-order valence-corrected chi connectivity index (χ3v) is 3.54. The van der Waals surface area contributed by atoms with Crippen LogP contribution in [0.15, 0.2) is 11.8 Å². The number of carbonyl (C=O) groups is 1. The number of nitrogens with one attached hydrogen (secondary N) is 3. The van der Waals surface area contributed by atoms with Crippen LogP contribution in [0.1, 0.15) is 6.42 Å². The number of rotatable bonds is 2. The zero-order valence-electron chi connectivity index (χ0n) is 11.5. The standard InChI is InChI=1S/C13H23N5O/c1-17-5-7-18(8-6-17)13(19)12(14)9-11-10-15-3-2-4-16-11/h9,14-16H,2-8,10H2,1H3/b11-9-,14-12?. The van der Waals surface area contributed by atoms with Crippen LogP contribution >= 0.6 is 0 Å². The van der Waals surface area contributed by atoms with Crippen LogP contribution in [-0.2, 0) is 4.79 Å². The quantitative estimate of drug-likeness (QED) is 0.574. The Bertz CT molecular complexity index is 361. The van der Waals surface area contributed by atoms with E-state index in [0.29, 0.717) is 19.6 Å². The van der Waals surface area contributed by atoms with Gasteiger partial charge in [0.15, 0.2) is 0 Å². The lowest BCUT2D eigenvalue weighted by Gasteiger charge is -2.32. The van der Waals surface area contributed by atoms with Gasteiger partial charge in [0, 0.05) is 45.0 Å². The zero-order chi connectivity index (χ0) is 13.7. The molecule has 0 spiro atoms. The number of hydrogen-bond donors (Lipinski definition) is 3. The average Bonchev–Trinajstić information content (AvgIpc) is 2.67. The molecule has 0 radical (unpaired) electrons. The minimum absolute atomic E-state index is 0.0794. The first-order chi connectivity index (χ1) is 9.16. The molecule has 2 rings (SSSR count). The van der Waals surface area contributed by atoms with Crippen molar-refractivity contribution in [2.75, 3.05) is 52.9 Å². The van der Waals surface area contributed by atoms with E-state index >= 15 is 0 Å². The number of amides is 1. The van der Waals surface area contributed by atoms with Gasteiger partial charge < -0.3 is 20.4 Å².